The highest BCUT2D eigenvalue weighted by atomic mass is 32.1. The molecule has 1 amide bonds. The molecule has 0 atom stereocenters. The predicted octanol–water partition coefficient (Wildman–Crippen LogP) is 2.59. The van der Waals surface area contributed by atoms with Crippen LogP contribution in [0.25, 0.3) is 0 Å². The minimum atomic E-state index is 0.0607. The van der Waals surface area contributed by atoms with Crippen molar-refractivity contribution in [2.75, 3.05) is 11.9 Å². The van der Waals surface area contributed by atoms with Crippen molar-refractivity contribution in [3.8, 4) is 0 Å². The molecule has 1 heterocycles. The molecule has 0 unspecified atom stereocenters. The van der Waals surface area contributed by atoms with E-state index in [-0.39, 0.29) is 5.91 Å². The summed E-state index contributed by atoms with van der Waals surface area (Å²) < 4.78 is 0. The molecule has 0 radical (unpaired) electrons. The van der Waals surface area contributed by atoms with Crippen molar-refractivity contribution in [2.45, 2.75) is 6.42 Å². The molecule has 0 aliphatic carbocycles. The minimum Gasteiger partial charge on any atom is -0.389 e. The van der Waals surface area contributed by atoms with E-state index in [1.807, 2.05) is 41.8 Å². The van der Waals surface area contributed by atoms with E-state index in [4.69, 9.17) is 18.0 Å². The van der Waals surface area contributed by atoms with Crippen LogP contribution in [-0.4, -0.2) is 17.9 Å². The Bertz CT molecular complexity index is 576. The Hall–Kier alpha value is -1.72. The van der Waals surface area contributed by atoms with Crippen molar-refractivity contribution in [3.63, 3.8) is 0 Å². The fourth-order valence-electron chi connectivity index (χ4n) is 1.67. The van der Waals surface area contributed by atoms with E-state index in [9.17, 15) is 4.79 Å². The van der Waals surface area contributed by atoms with Gasteiger partial charge in [0.2, 0.25) is 5.91 Å². The summed E-state index contributed by atoms with van der Waals surface area (Å²) in [4.78, 5) is 15.2. The zero-order valence-electron chi connectivity index (χ0n) is 10.5. The molecule has 0 fully saturated rings. The highest BCUT2D eigenvalue weighted by Crippen LogP contribution is 2.17. The summed E-state index contributed by atoms with van der Waals surface area (Å²) in [5.41, 5.74) is 7.18. The SMILES string of the molecule is CN(C(=O)Cc1cccs1)c1ccc(C(N)=S)cc1. The lowest BCUT2D eigenvalue weighted by molar-refractivity contribution is -0.117. The standard InChI is InChI=1S/C14H14N2OS2/c1-16(13(17)9-12-3-2-8-19-12)11-6-4-10(5-7-11)14(15)18/h2-8H,9H2,1H3,(H2,15,18). The maximum atomic E-state index is 12.1. The first-order valence-electron chi connectivity index (χ1n) is 5.76. The van der Waals surface area contributed by atoms with E-state index < -0.39 is 0 Å². The highest BCUT2D eigenvalue weighted by Gasteiger charge is 2.12. The van der Waals surface area contributed by atoms with Crippen molar-refractivity contribution in [1.29, 1.82) is 0 Å². The van der Waals surface area contributed by atoms with Gasteiger partial charge in [0.1, 0.15) is 4.99 Å². The van der Waals surface area contributed by atoms with Crippen LogP contribution in [0.2, 0.25) is 0 Å². The number of thiocarbonyl (C=S) groups is 1. The summed E-state index contributed by atoms with van der Waals surface area (Å²) in [5, 5.41) is 1.97. The van der Waals surface area contributed by atoms with Crippen molar-refractivity contribution in [2.24, 2.45) is 5.73 Å². The van der Waals surface area contributed by atoms with E-state index >= 15 is 0 Å². The first-order valence-corrected chi connectivity index (χ1v) is 7.05. The molecular weight excluding hydrogens is 276 g/mol. The largest absolute Gasteiger partial charge is 0.389 e. The number of rotatable bonds is 4. The zero-order chi connectivity index (χ0) is 13.8. The van der Waals surface area contributed by atoms with Gasteiger partial charge in [-0.2, -0.15) is 0 Å². The summed E-state index contributed by atoms with van der Waals surface area (Å²) in [7, 11) is 1.77. The number of carbonyl (C=O) groups excluding carboxylic acids is 1. The lowest BCUT2D eigenvalue weighted by Crippen LogP contribution is -2.27. The fraction of sp³-hybridized carbons (Fsp3) is 0.143. The topological polar surface area (TPSA) is 46.3 Å². The summed E-state index contributed by atoms with van der Waals surface area (Å²) in [5.74, 6) is 0.0607. The van der Waals surface area contributed by atoms with E-state index in [1.54, 1.807) is 23.3 Å². The smallest absolute Gasteiger partial charge is 0.231 e. The second kappa shape index (κ2) is 5.95. The van der Waals surface area contributed by atoms with Crippen molar-refractivity contribution in [1.82, 2.24) is 0 Å². The van der Waals surface area contributed by atoms with Gasteiger partial charge in [0.15, 0.2) is 0 Å². The average molecular weight is 290 g/mol. The number of carbonyl (C=O) groups is 1. The number of nitrogens with two attached hydrogens (primary N) is 1. The molecule has 0 aliphatic heterocycles. The zero-order valence-corrected chi connectivity index (χ0v) is 12.1. The Morgan fingerprint density at radius 2 is 2.00 bits per heavy atom. The second-order valence-electron chi connectivity index (χ2n) is 4.12. The van der Waals surface area contributed by atoms with Crippen LogP contribution >= 0.6 is 23.6 Å². The second-order valence-corrected chi connectivity index (χ2v) is 5.59. The quantitative estimate of drug-likeness (QED) is 0.880. The molecule has 1 aromatic carbocycles. The van der Waals surface area contributed by atoms with Gasteiger partial charge in [-0.05, 0) is 35.7 Å². The molecular formula is C14H14N2OS2. The molecule has 5 heteroatoms. The third-order valence-corrected chi connectivity index (χ3v) is 3.93. The third-order valence-electron chi connectivity index (χ3n) is 2.82. The molecule has 19 heavy (non-hydrogen) atoms. The van der Waals surface area contributed by atoms with Crippen LogP contribution in [0, 0.1) is 0 Å². The molecule has 1 aromatic heterocycles. The maximum absolute atomic E-state index is 12.1. The average Bonchev–Trinajstić information content (AvgIpc) is 2.90. The van der Waals surface area contributed by atoms with Gasteiger partial charge in [-0.25, -0.2) is 0 Å². The Labute approximate surface area is 121 Å². The normalized spacial score (nSPS) is 10.2. The Morgan fingerprint density at radius 1 is 1.32 bits per heavy atom. The third kappa shape index (κ3) is 3.39. The molecule has 98 valence electrons. The lowest BCUT2D eigenvalue weighted by atomic mass is 10.2. The summed E-state index contributed by atoms with van der Waals surface area (Å²) in [6.45, 7) is 0. The van der Waals surface area contributed by atoms with Crippen LogP contribution in [-0.2, 0) is 11.2 Å². The van der Waals surface area contributed by atoms with Gasteiger partial charge >= 0.3 is 0 Å². The molecule has 0 saturated heterocycles. The molecule has 3 nitrogen and oxygen atoms in total. The molecule has 0 spiro atoms. The van der Waals surface area contributed by atoms with E-state index in [2.05, 4.69) is 0 Å². The van der Waals surface area contributed by atoms with Crippen LogP contribution in [0.15, 0.2) is 41.8 Å². The summed E-state index contributed by atoms with van der Waals surface area (Å²) >= 11 is 6.49. The van der Waals surface area contributed by atoms with Gasteiger partial charge in [-0.3, -0.25) is 4.79 Å². The molecule has 2 aromatic rings. The molecule has 0 aliphatic rings. The summed E-state index contributed by atoms with van der Waals surface area (Å²) in [6, 6.07) is 11.3. The Kier molecular flexibility index (Phi) is 4.29. The van der Waals surface area contributed by atoms with E-state index in [0.717, 1.165) is 16.1 Å². The minimum absolute atomic E-state index is 0.0607. The number of benzene rings is 1. The van der Waals surface area contributed by atoms with Gasteiger partial charge < -0.3 is 10.6 Å². The number of thiophene rings is 1. The highest BCUT2D eigenvalue weighted by molar-refractivity contribution is 7.80. The number of anilines is 1. The van der Waals surface area contributed by atoms with Gasteiger partial charge in [0, 0.05) is 23.2 Å². The van der Waals surface area contributed by atoms with E-state index in [1.165, 1.54) is 0 Å². The lowest BCUT2D eigenvalue weighted by Gasteiger charge is -2.17. The summed E-state index contributed by atoms with van der Waals surface area (Å²) in [6.07, 6.45) is 0.422. The maximum Gasteiger partial charge on any atom is 0.231 e. The number of amides is 1. The Morgan fingerprint density at radius 3 is 2.53 bits per heavy atom. The van der Waals surface area contributed by atoms with Gasteiger partial charge in [0.25, 0.3) is 0 Å². The number of nitrogens with zero attached hydrogens (tertiary/aromatic N) is 1. The fourth-order valence-corrected chi connectivity index (χ4v) is 2.51. The van der Waals surface area contributed by atoms with Gasteiger partial charge in [-0.15, -0.1) is 11.3 Å². The van der Waals surface area contributed by atoms with E-state index in [0.29, 0.717) is 11.4 Å². The van der Waals surface area contributed by atoms with Crippen molar-refractivity contribution >= 4 is 40.1 Å². The monoisotopic (exact) mass is 290 g/mol. The number of hydrogen-bond acceptors (Lipinski definition) is 3. The van der Waals surface area contributed by atoms with Crippen LogP contribution in [0.4, 0.5) is 5.69 Å². The van der Waals surface area contributed by atoms with Crippen LogP contribution < -0.4 is 10.6 Å². The van der Waals surface area contributed by atoms with Crippen LogP contribution in [0.3, 0.4) is 0 Å². The Balaban J connectivity index is 2.08. The molecule has 2 N–H and O–H groups in total. The first kappa shape index (κ1) is 13.7. The van der Waals surface area contributed by atoms with Gasteiger partial charge in [0.05, 0.1) is 6.42 Å². The van der Waals surface area contributed by atoms with Crippen LogP contribution in [0.1, 0.15) is 10.4 Å². The van der Waals surface area contributed by atoms with Gasteiger partial charge in [-0.1, -0.05) is 18.3 Å². The van der Waals surface area contributed by atoms with Crippen LogP contribution in [0.5, 0.6) is 0 Å². The molecule has 2 rings (SSSR count). The number of hydrogen-bond donors (Lipinski definition) is 1. The van der Waals surface area contributed by atoms with Crippen molar-refractivity contribution < 1.29 is 4.79 Å². The molecule has 0 bridgehead atoms. The number of likely N-dealkylation sites (N-methyl/N-ethyl adjacent to an activating group) is 1. The first-order chi connectivity index (χ1) is 9.08. The van der Waals surface area contributed by atoms with Crippen molar-refractivity contribution in [3.05, 3.63) is 52.2 Å². The molecule has 0 saturated carbocycles. The predicted molar refractivity (Wildman–Crippen MR) is 83.8 cm³/mol.